The monoisotopic (exact) mass is 246 g/mol. The average molecular weight is 246 g/mol. The Bertz CT molecular complexity index is 468. The van der Waals surface area contributed by atoms with Gasteiger partial charge in [0.2, 0.25) is 0 Å². The molecule has 0 aromatic heterocycles. The number of rotatable bonds is 2. The van der Waals surface area contributed by atoms with Gasteiger partial charge in [-0.1, -0.05) is 24.3 Å². The van der Waals surface area contributed by atoms with Crippen molar-refractivity contribution >= 4 is 5.78 Å². The first-order chi connectivity index (χ1) is 8.70. The summed E-state index contributed by atoms with van der Waals surface area (Å²) in [4.78, 5) is 12.6. The Labute approximate surface area is 107 Å². The summed E-state index contributed by atoms with van der Waals surface area (Å²) in [5.41, 5.74) is 1.78. The van der Waals surface area contributed by atoms with Gasteiger partial charge in [-0.15, -0.1) is 0 Å². The van der Waals surface area contributed by atoms with E-state index in [4.69, 9.17) is 9.47 Å². The van der Waals surface area contributed by atoms with Crippen LogP contribution in [0.2, 0.25) is 0 Å². The number of ether oxygens (including phenoxy) is 2. The molecule has 2 unspecified atom stereocenters. The highest BCUT2D eigenvalue weighted by Gasteiger charge is 2.54. The molecule has 2 atom stereocenters. The average Bonchev–Trinajstić information content (AvgIpc) is 2.90. The summed E-state index contributed by atoms with van der Waals surface area (Å²) in [7, 11) is 3.39. The third-order valence-corrected chi connectivity index (χ3v) is 4.48. The van der Waals surface area contributed by atoms with Crippen LogP contribution in [0.5, 0.6) is 0 Å². The van der Waals surface area contributed by atoms with E-state index in [9.17, 15) is 4.79 Å². The van der Waals surface area contributed by atoms with Crippen LogP contribution in [0.25, 0.3) is 0 Å². The van der Waals surface area contributed by atoms with E-state index in [1.807, 2.05) is 18.2 Å². The lowest BCUT2D eigenvalue weighted by molar-refractivity contribution is -0.0157. The van der Waals surface area contributed by atoms with Gasteiger partial charge in [-0.2, -0.15) is 0 Å². The van der Waals surface area contributed by atoms with E-state index in [0.29, 0.717) is 0 Å². The third kappa shape index (κ3) is 1.54. The van der Waals surface area contributed by atoms with Crippen LogP contribution >= 0.6 is 0 Å². The molecular formula is C15H18O3. The number of carbonyl (C=O) groups is 1. The summed E-state index contributed by atoms with van der Waals surface area (Å²) < 4.78 is 10.9. The molecule has 0 bridgehead atoms. The Morgan fingerprint density at radius 1 is 1.11 bits per heavy atom. The van der Waals surface area contributed by atoms with Crippen LogP contribution in [-0.2, 0) is 15.9 Å². The molecular weight excluding hydrogens is 228 g/mol. The second kappa shape index (κ2) is 4.18. The lowest BCUT2D eigenvalue weighted by Crippen LogP contribution is -2.25. The van der Waals surface area contributed by atoms with Gasteiger partial charge in [-0.3, -0.25) is 4.79 Å². The van der Waals surface area contributed by atoms with Crippen molar-refractivity contribution < 1.29 is 14.3 Å². The predicted octanol–water partition coefficient (Wildman–Crippen LogP) is 2.24. The number of methoxy groups -OCH3 is 2. The molecule has 0 radical (unpaired) electrons. The molecule has 2 aliphatic rings. The molecule has 1 aromatic rings. The molecule has 0 heterocycles. The Hall–Kier alpha value is -1.19. The Morgan fingerprint density at radius 2 is 1.72 bits per heavy atom. The maximum absolute atomic E-state index is 12.6. The molecule has 3 rings (SSSR count). The van der Waals surface area contributed by atoms with Gasteiger partial charge in [0.15, 0.2) is 5.78 Å². The summed E-state index contributed by atoms with van der Waals surface area (Å²) in [6.45, 7) is 0. The first-order valence-corrected chi connectivity index (χ1v) is 6.38. The summed E-state index contributed by atoms with van der Waals surface area (Å²) in [6, 6.07) is 7.94. The Balaban J connectivity index is 1.94. The van der Waals surface area contributed by atoms with E-state index in [2.05, 4.69) is 6.07 Å². The molecule has 3 heteroatoms. The summed E-state index contributed by atoms with van der Waals surface area (Å²) in [6.07, 6.45) is 2.45. The fourth-order valence-corrected chi connectivity index (χ4v) is 3.54. The van der Waals surface area contributed by atoms with Gasteiger partial charge < -0.3 is 9.47 Å². The van der Waals surface area contributed by atoms with Crippen molar-refractivity contribution in [2.45, 2.75) is 31.5 Å². The van der Waals surface area contributed by atoms with Crippen LogP contribution in [0.3, 0.4) is 0 Å². The Morgan fingerprint density at radius 3 is 2.28 bits per heavy atom. The minimum atomic E-state index is -0.287. The number of hydrogen-bond acceptors (Lipinski definition) is 3. The molecule has 0 saturated heterocycles. The van der Waals surface area contributed by atoms with Crippen LogP contribution in [0, 0.1) is 5.41 Å². The normalized spacial score (nSPS) is 34.2. The van der Waals surface area contributed by atoms with Crippen LogP contribution in [0.1, 0.15) is 28.8 Å². The van der Waals surface area contributed by atoms with Crippen molar-refractivity contribution in [1.82, 2.24) is 0 Å². The van der Waals surface area contributed by atoms with Gasteiger partial charge >= 0.3 is 0 Å². The first kappa shape index (κ1) is 11.9. The number of fused-ring (bicyclic) bond motifs is 1. The maximum atomic E-state index is 12.6. The van der Waals surface area contributed by atoms with Crippen molar-refractivity contribution in [2.75, 3.05) is 14.2 Å². The fourth-order valence-electron chi connectivity index (χ4n) is 3.54. The van der Waals surface area contributed by atoms with E-state index >= 15 is 0 Å². The van der Waals surface area contributed by atoms with Gasteiger partial charge in [0, 0.05) is 25.2 Å². The molecule has 18 heavy (non-hydrogen) atoms. The number of hydrogen-bond donors (Lipinski definition) is 0. The quantitative estimate of drug-likeness (QED) is 0.802. The molecule has 3 nitrogen and oxygen atoms in total. The second-order valence-corrected chi connectivity index (χ2v) is 5.40. The highest BCUT2D eigenvalue weighted by molar-refractivity contribution is 6.05. The highest BCUT2D eigenvalue weighted by atomic mass is 16.5. The molecule has 1 spiro atoms. The fraction of sp³-hybridized carbons (Fsp3) is 0.533. The minimum absolute atomic E-state index is 0.0354. The molecule has 1 saturated carbocycles. The van der Waals surface area contributed by atoms with Crippen molar-refractivity contribution in [3.8, 4) is 0 Å². The van der Waals surface area contributed by atoms with Crippen molar-refractivity contribution in [3.63, 3.8) is 0 Å². The van der Waals surface area contributed by atoms with E-state index in [-0.39, 0.29) is 23.4 Å². The van der Waals surface area contributed by atoms with Gasteiger partial charge in [0.05, 0.1) is 12.2 Å². The smallest absolute Gasteiger partial charge is 0.169 e. The largest absolute Gasteiger partial charge is 0.379 e. The van der Waals surface area contributed by atoms with Crippen molar-refractivity contribution in [2.24, 2.45) is 5.41 Å². The van der Waals surface area contributed by atoms with Gasteiger partial charge in [-0.25, -0.2) is 0 Å². The van der Waals surface area contributed by atoms with E-state index in [1.54, 1.807) is 14.2 Å². The highest BCUT2D eigenvalue weighted by Crippen LogP contribution is 2.49. The SMILES string of the molecule is COC1CC2(Cc3ccccc3C2=O)CC1OC. The molecule has 0 amide bonds. The lowest BCUT2D eigenvalue weighted by Gasteiger charge is -2.20. The van der Waals surface area contributed by atoms with Gasteiger partial charge in [-0.05, 0) is 24.8 Å². The molecule has 0 N–H and O–H groups in total. The zero-order chi connectivity index (χ0) is 12.8. The predicted molar refractivity (Wildman–Crippen MR) is 67.7 cm³/mol. The zero-order valence-electron chi connectivity index (χ0n) is 10.8. The third-order valence-electron chi connectivity index (χ3n) is 4.48. The molecule has 96 valence electrons. The lowest BCUT2D eigenvalue weighted by atomic mass is 9.82. The Kier molecular flexibility index (Phi) is 2.76. The van der Waals surface area contributed by atoms with Crippen LogP contribution in [-0.4, -0.2) is 32.2 Å². The number of ketones is 1. The molecule has 1 fully saturated rings. The summed E-state index contributed by atoms with van der Waals surface area (Å²) in [5.74, 6) is 0.278. The second-order valence-electron chi connectivity index (χ2n) is 5.40. The number of carbonyl (C=O) groups excluding carboxylic acids is 1. The van der Waals surface area contributed by atoms with E-state index in [1.165, 1.54) is 5.56 Å². The van der Waals surface area contributed by atoms with E-state index < -0.39 is 0 Å². The topological polar surface area (TPSA) is 35.5 Å². The van der Waals surface area contributed by atoms with Crippen LogP contribution in [0.4, 0.5) is 0 Å². The first-order valence-electron chi connectivity index (χ1n) is 6.38. The number of Topliss-reactive ketones (excluding diaryl/α,β-unsaturated/α-hetero) is 1. The minimum Gasteiger partial charge on any atom is -0.379 e. The maximum Gasteiger partial charge on any atom is 0.169 e. The number of benzene rings is 1. The summed E-state index contributed by atoms with van der Waals surface area (Å²) in [5, 5.41) is 0. The molecule has 0 aliphatic heterocycles. The van der Waals surface area contributed by atoms with Crippen LogP contribution in [0.15, 0.2) is 24.3 Å². The van der Waals surface area contributed by atoms with Gasteiger partial charge in [0.1, 0.15) is 0 Å². The van der Waals surface area contributed by atoms with Gasteiger partial charge in [0.25, 0.3) is 0 Å². The standard InChI is InChI=1S/C15H18O3/c1-17-12-8-15(9-13(12)18-2)7-10-5-3-4-6-11(10)14(15)16/h3-6,12-13H,7-9H2,1-2H3. The zero-order valence-corrected chi connectivity index (χ0v) is 10.8. The van der Waals surface area contributed by atoms with Crippen molar-refractivity contribution in [1.29, 1.82) is 0 Å². The van der Waals surface area contributed by atoms with Crippen LogP contribution < -0.4 is 0 Å². The van der Waals surface area contributed by atoms with E-state index in [0.717, 1.165) is 24.8 Å². The van der Waals surface area contributed by atoms with Crippen molar-refractivity contribution in [3.05, 3.63) is 35.4 Å². The molecule has 1 aromatic carbocycles. The molecule has 2 aliphatic carbocycles. The summed E-state index contributed by atoms with van der Waals surface area (Å²) >= 11 is 0.